The average molecular weight is 134 g/mol. The summed E-state index contributed by atoms with van der Waals surface area (Å²) in [4.78, 5) is 0. The van der Waals surface area contributed by atoms with Crippen LogP contribution in [0.3, 0.4) is 0 Å². The highest BCUT2D eigenvalue weighted by Crippen LogP contribution is 1.95. The molecule has 0 aliphatic heterocycles. The maximum absolute atomic E-state index is 2.08. The largest absolute Gasteiger partial charge is 0.207 e. The number of rotatable bonds is 1. The molecule has 1 aromatic rings. The summed E-state index contributed by atoms with van der Waals surface area (Å²) in [6.45, 7) is 2.02. The molecule has 1 rings (SSSR count). The fourth-order valence-electron chi connectivity index (χ4n) is 0.902. The fourth-order valence-corrected chi connectivity index (χ4v) is 0.902. The van der Waals surface area contributed by atoms with Crippen LogP contribution >= 0.6 is 0 Å². The van der Waals surface area contributed by atoms with Gasteiger partial charge in [-0.1, -0.05) is 12.2 Å². The van der Waals surface area contributed by atoms with Gasteiger partial charge in [0.15, 0.2) is 12.4 Å². The van der Waals surface area contributed by atoms with E-state index < -0.39 is 0 Å². The molecule has 0 amide bonds. The second kappa shape index (κ2) is 3.16. The van der Waals surface area contributed by atoms with Crippen molar-refractivity contribution in [2.45, 2.75) is 6.92 Å². The molecule has 0 unspecified atom stereocenters. The number of hydrogen-bond acceptors (Lipinski definition) is 0. The quantitative estimate of drug-likeness (QED) is 0.513. The van der Waals surface area contributed by atoms with E-state index in [1.54, 1.807) is 0 Å². The molecular formula is C9H12N+. The predicted octanol–water partition coefficient (Wildman–Crippen LogP) is 1.54. The van der Waals surface area contributed by atoms with Gasteiger partial charge in [0.25, 0.3) is 0 Å². The standard InChI is InChI=1S/C9H12N/c1-3-5-9-6-4-7-10(2)8-9/h3-8H,1-2H3/q+1. The zero-order valence-corrected chi connectivity index (χ0v) is 6.41. The Bertz CT molecular complexity index is 238. The summed E-state index contributed by atoms with van der Waals surface area (Å²) in [5.41, 5.74) is 1.24. The van der Waals surface area contributed by atoms with Gasteiger partial charge in [0.1, 0.15) is 7.05 Å². The Kier molecular flexibility index (Phi) is 2.21. The minimum atomic E-state index is 1.24. The van der Waals surface area contributed by atoms with Gasteiger partial charge in [-0.25, -0.2) is 4.57 Å². The minimum Gasteiger partial charge on any atom is -0.207 e. The summed E-state index contributed by atoms with van der Waals surface area (Å²) in [6.07, 6.45) is 8.22. The number of aryl methyl sites for hydroxylation is 1. The summed E-state index contributed by atoms with van der Waals surface area (Å²) >= 11 is 0. The molecule has 0 radical (unpaired) electrons. The van der Waals surface area contributed by atoms with Gasteiger partial charge in [-0.2, -0.15) is 0 Å². The van der Waals surface area contributed by atoms with Crippen molar-refractivity contribution in [2.75, 3.05) is 0 Å². The highest BCUT2D eigenvalue weighted by Gasteiger charge is 1.90. The van der Waals surface area contributed by atoms with Gasteiger partial charge in [-0.3, -0.25) is 0 Å². The van der Waals surface area contributed by atoms with Gasteiger partial charge in [0, 0.05) is 11.6 Å². The molecule has 0 aliphatic rings. The average Bonchev–Trinajstić information content (AvgIpc) is 1.88. The first-order chi connectivity index (χ1) is 4.83. The maximum atomic E-state index is 2.08. The maximum Gasteiger partial charge on any atom is 0.175 e. The van der Waals surface area contributed by atoms with E-state index in [4.69, 9.17) is 0 Å². The first-order valence-corrected chi connectivity index (χ1v) is 3.41. The molecule has 0 fully saturated rings. The smallest absolute Gasteiger partial charge is 0.175 e. The molecule has 0 N–H and O–H groups in total. The highest BCUT2D eigenvalue weighted by molar-refractivity contribution is 5.45. The molecule has 1 heterocycles. The van der Waals surface area contributed by atoms with E-state index in [2.05, 4.69) is 18.3 Å². The van der Waals surface area contributed by atoms with Crippen molar-refractivity contribution in [1.82, 2.24) is 0 Å². The number of hydrogen-bond donors (Lipinski definition) is 0. The van der Waals surface area contributed by atoms with Crippen LogP contribution in [-0.2, 0) is 7.05 Å². The van der Waals surface area contributed by atoms with Gasteiger partial charge in [-0.15, -0.1) is 0 Å². The summed E-state index contributed by atoms with van der Waals surface area (Å²) in [5, 5.41) is 0. The molecular weight excluding hydrogens is 122 g/mol. The fraction of sp³-hybridized carbons (Fsp3) is 0.222. The Morgan fingerprint density at radius 2 is 2.30 bits per heavy atom. The van der Waals surface area contributed by atoms with Crippen LogP contribution in [0.25, 0.3) is 6.08 Å². The second-order valence-electron chi connectivity index (χ2n) is 2.30. The van der Waals surface area contributed by atoms with E-state index in [-0.39, 0.29) is 0 Å². The molecule has 1 aromatic heterocycles. The molecule has 0 saturated carbocycles. The van der Waals surface area contributed by atoms with Crippen LogP contribution in [0.5, 0.6) is 0 Å². The lowest BCUT2D eigenvalue weighted by Crippen LogP contribution is -2.26. The van der Waals surface area contributed by atoms with Crippen LogP contribution in [0.2, 0.25) is 0 Å². The molecule has 0 aromatic carbocycles. The van der Waals surface area contributed by atoms with Crippen LogP contribution in [0.4, 0.5) is 0 Å². The number of pyridine rings is 1. The van der Waals surface area contributed by atoms with Crippen molar-refractivity contribution in [3.63, 3.8) is 0 Å². The Hall–Kier alpha value is -1.11. The molecule has 0 spiro atoms. The second-order valence-corrected chi connectivity index (χ2v) is 2.30. The topological polar surface area (TPSA) is 3.88 Å². The third kappa shape index (κ3) is 1.69. The van der Waals surface area contributed by atoms with Crippen LogP contribution in [-0.4, -0.2) is 0 Å². The third-order valence-corrected chi connectivity index (χ3v) is 1.32. The van der Waals surface area contributed by atoms with Gasteiger partial charge in [-0.05, 0) is 13.0 Å². The lowest BCUT2D eigenvalue weighted by Gasteiger charge is -1.88. The van der Waals surface area contributed by atoms with Crippen molar-refractivity contribution in [3.05, 3.63) is 36.2 Å². The summed E-state index contributed by atoms with van der Waals surface area (Å²) in [5.74, 6) is 0. The first kappa shape index (κ1) is 7.00. The summed E-state index contributed by atoms with van der Waals surface area (Å²) < 4.78 is 2.04. The van der Waals surface area contributed by atoms with E-state index in [1.165, 1.54) is 5.56 Å². The normalized spacial score (nSPS) is 10.6. The molecule has 1 heteroatoms. The molecule has 10 heavy (non-hydrogen) atoms. The van der Waals surface area contributed by atoms with Gasteiger partial charge < -0.3 is 0 Å². The Balaban J connectivity index is 2.95. The van der Waals surface area contributed by atoms with E-state index in [0.29, 0.717) is 0 Å². The van der Waals surface area contributed by atoms with Crippen molar-refractivity contribution in [3.8, 4) is 0 Å². The van der Waals surface area contributed by atoms with Crippen molar-refractivity contribution >= 4 is 6.08 Å². The Morgan fingerprint density at radius 1 is 1.50 bits per heavy atom. The summed E-state index contributed by atoms with van der Waals surface area (Å²) in [6, 6.07) is 4.12. The van der Waals surface area contributed by atoms with Crippen LogP contribution in [0.1, 0.15) is 12.5 Å². The van der Waals surface area contributed by atoms with Gasteiger partial charge >= 0.3 is 0 Å². The zero-order chi connectivity index (χ0) is 7.40. The van der Waals surface area contributed by atoms with Gasteiger partial charge in [0.2, 0.25) is 0 Å². The van der Waals surface area contributed by atoms with E-state index in [9.17, 15) is 0 Å². The third-order valence-electron chi connectivity index (χ3n) is 1.32. The molecule has 0 saturated heterocycles. The molecule has 0 bridgehead atoms. The molecule has 0 atom stereocenters. The molecule has 0 aliphatic carbocycles. The lowest BCUT2D eigenvalue weighted by molar-refractivity contribution is -0.671. The Labute approximate surface area is 61.6 Å². The number of nitrogens with zero attached hydrogens (tertiary/aromatic N) is 1. The lowest BCUT2D eigenvalue weighted by atomic mass is 10.3. The monoisotopic (exact) mass is 134 g/mol. The van der Waals surface area contributed by atoms with Crippen molar-refractivity contribution in [1.29, 1.82) is 0 Å². The van der Waals surface area contributed by atoms with Crippen molar-refractivity contribution < 1.29 is 4.57 Å². The van der Waals surface area contributed by atoms with E-state index >= 15 is 0 Å². The SMILES string of the molecule is CC=Cc1ccc[n+](C)c1. The van der Waals surface area contributed by atoms with Gasteiger partial charge in [0.05, 0.1) is 0 Å². The molecule has 52 valence electrons. The first-order valence-electron chi connectivity index (χ1n) is 3.41. The predicted molar refractivity (Wildman–Crippen MR) is 42.3 cm³/mol. The van der Waals surface area contributed by atoms with Crippen LogP contribution in [0.15, 0.2) is 30.6 Å². The minimum absolute atomic E-state index is 1.24. The van der Waals surface area contributed by atoms with Crippen LogP contribution in [0, 0.1) is 0 Å². The Morgan fingerprint density at radius 3 is 2.90 bits per heavy atom. The van der Waals surface area contributed by atoms with Crippen LogP contribution < -0.4 is 4.57 Å². The van der Waals surface area contributed by atoms with E-state index in [1.807, 2.05) is 36.9 Å². The molecule has 1 nitrogen and oxygen atoms in total. The zero-order valence-electron chi connectivity index (χ0n) is 6.41. The summed E-state index contributed by atoms with van der Waals surface area (Å²) in [7, 11) is 2.02. The highest BCUT2D eigenvalue weighted by atomic mass is 14.9. The number of aromatic nitrogens is 1. The van der Waals surface area contributed by atoms with Crippen molar-refractivity contribution in [2.24, 2.45) is 7.05 Å². The van der Waals surface area contributed by atoms with E-state index in [0.717, 1.165) is 0 Å². The number of allylic oxidation sites excluding steroid dienone is 1.